The Morgan fingerprint density at radius 1 is 1.39 bits per heavy atom. The summed E-state index contributed by atoms with van der Waals surface area (Å²) < 4.78 is 41.8. The number of hydrogen-bond acceptors (Lipinski definition) is 2. The lowest BCUT2D eigenvalue weighted by Gasteiger charge is -2.22. The van der Waals surface area contributed by atoms with Gasteiger partial charge in [0.05, 0.1) is 0 Å². The van der Waals surface area contributed by atoms with Crippen LogP contribution in [0.5, 0.6) is 5.75 Å². The Hall–Kier alpha value is -1.23. The van der Waals surface area contributed by atoms with Gasteiger partial charge in [0.2, 0.25) is 0 Å². The molecule has 1 aromatic rings. The largest absolute Gasteiger partial charge is 0.435 e. The molecular formula is C13H16F3NO. The average molecular weight is 259 g/mol. The zero-order valence-corrected chi connectivity index (χ0v) is 9.96. The summed E-state index contributed by atoms with van der Waals surface area (Å²) in [6.07, 6.45) is 2.80. The molecule has 1 atom stereocenters. The van der Waals surface area contributed by atoms with Crippen LogP contribution in [-0.2, 0) is 6.42 Å². The van der Waals surface area contributed by atoms with Crippen LogP contribution in [0.4, 0.5) is 13.2 Å². The van der Waals surface area contributed by atoms with E-state index in [0.717, 1.165) is 32.0 Å². The van der Waals surface area contributed by atoms with Crippen molar-refractivity contribution in [1.29, 1.82) is 0 Å². The first-order chi connectivity index (χ1) is 8.65. The van der Waals surface area contributed by atoms with E-state index < -0.39 is 12.4 Å². The highest BCUT2D eigenvalue weighted by atomic mass is 19.3. The van der Waals surface area contributed by atoms with E-state index in [2.05, 4.69) is 10.1 Å². The Bertz CT molecular complexity index is 392. The van der Waals surface area contributed by atoms with Gasteiger partial charge in [-0.2, -0.15) is 8.78 Å². The fourth-order valence-electron chi connectivity index (χ4n) is 2.28. The lowest BCUT2D eigenvalue weighted by atomic mass is 9.92. The molecule has 1 N–H and O–H groups in total. The van der Waals surface area contributed by atoms with Crippen molar-refractivity contribution >= 4 is 0 Å². The summed E-state index contributed by atoms with van der Waals surface area (Å²) in [5.74, 6) is -0.193. The van der Waals surface area contributed by atoms with Crippen LogP contribution in [-0.4, -0.2) is 19.7 Å². The first kappa shape index (κ1) is 13.2. The lowest BCUT2D eigenvalue weighted by molar-refractivity contribution is -0.0500. The number of ether oxygens (including phenoxy) is 1. The topological polar surface area (TPSA) is 21.3 Å². The second kappa shape index (κ2) is 6.09. The van der Waals surface area contributed by atoms with Crippen LogP contribution in [0.3, 0.4) is 0 Å². The van der Waals surface area contributed by atoms with E-state index in [-0.39, 0.29) is 5.75 Å². The first-order valence-electron chi connectivity index (χ1n) is 6.09. The van der Waals surface area contributed by atoms with E-state index in [1.807, 2.05) is 0 Å². The van der Waals surface area contributed by atoms with Crippen LogP contribution in [0.2, 0.25) is 0 Å². The molecule has 0 amide bonds. The number of benzene rings is 1. The summed E-state index contributed by atoms with van der Waals surface area (Å²) in [7, 11) is 0. The van der Waals surface area contributed by atoms with Gasteiger partial charge in [0.15, 0.2) is 0 Å². The molecule has 5 heteroatoms. The second-order valence-corrected chi connectivity index (χ2v) is 4.55. The van der Waals surface area contributed by atoms with Crippen LogP contribution >= 0.6 is 0 Å². The number of alkyl halides is 2. The minimum absolute atomic E-state index is 0.131. The van der Waals surface area contributed by atoms with E-state index in [0.29, 0.717) is 17.9 Å². The number of hydrogen-bond donors (Lipinski definition) is 1. The molecule has 0 aromatic heterocycles. The van der Waals surface area contributed by atoms with Crippen LogP contribution in [0, 0.1) is 11.7 Å². The van der Waals surface area contributed by atoms with Gasteiger partial charge in [0.25, 0.3) is 0 Å². The molecule has 0 bridgehead atoms. The van der Waals surface area contributed by atoms with Gasteiger partial charge in [0, 0.05) is 6.07 Å². The molecule has 1 heterocycles. The molecular weight excluding hydrogens is 243 g/mol. The third kappa shape index (κ3) is 3.63. The molecule has 0 spiro atoms. The summed E-state index contributed by atoms with van der Waals surface area (Å²) >= 11 is 0. The Balaban J connectivity index is 2.00. The van der Waals surface area contributed by atoms with Gasteiger partial charge in [-0.05, 0) is 49.9 Å². The molecule has 0 aliphatic carbocycles. The summed E-state index contributed by atoms with van der Waals surface area (Å²) in [5, 5.41) is 3.27. The Morgan fingerprint density at radius 3 is 2.83 bits per heavy atom. The van der Waals surface area contributed by atoms with Crippen molar-refractivity contribution in [1.82, 2.24) is 5.32 Å². The third-order valence-corrected chi connectivity index (χ3v) is 3.16. The number of nitrogens with one attached hydrogen (secondary N) is 1. The monoisotopic (exact) mass is 259 g/mol. The number of rotatable bonds is 4. The van der Waals surface area contributed by atoms with Gasteiger partial charge < -0.3 is 10.1 Å². The number of piperidine rings is 1. The smallest absolute Gasteiger partial charge is 0.387 e. The van der Waals surface area contributed by atoms with Crippen molar-refractivity contribution in [2.75, 3.05) is 13.1 Å². The van der Waals surface area contributed by atoms with Gasteiger partial charge in [-0.1, -0.05) is 6.07 Å². The van der Waals surface area contributed by atoms with Gasteiger partial charge in [-0.3, -0.25) is 0 Å². The first-order valence-corrected chi connectivity index (χ1v) is 6.09. The highest BCUT2D eigenvalue weighted by Gasteiger charge is 2.16. The highest BCUT2D eigenvalue weighted by Crippen LogP contribution is 2.23. The zero-order valence-electron chi connectivity index (χ0n) is 9.96. The van der Waals surface area contributed by atoms with Gasteiger partial charge in [-0.15, -0.1) is 0 Å². The van der Waals surface area contributed by atoms with E-state index in [4.69, 9.17) is 0 Å². The maximum atomic E-state index is 13.7. The summed E-state index contributed by atoms with van der Waals surface area (Å²) in [4.78, 5) is 0. The molecule has 0 radical (unpaired) electrons. The molecule has 18 heavy (non-hydrogen) atoms. The molecule has 1 aliphatic rings. The molecule has 1 saturated heterocycles. The Labute approximate surface area is 104 Å². The van der Waals surface area contributed by atoms with Crippen LogP contribution < -0.4 is 10.1 Å². The summed E-state index contributed by atoms with van der Waals surface area (Å²) in [5.41, 5.74) is 0.560. The highest BCUT2D eigenvalue weighted by molar-refractivity contribution is 5.29. The van der Waals surface area contributed by atoms with Crippen molar-refractivity contribution in [2.45, 2.75) is 25.9 Å². The predicted octanol–water partition coefficient (Wildman–Crippen LogP) is 2.97. The van der Waals surface area contributed by atoms with Crippen molar-refractivity contribution in [3.05, 3.63) is 29.6 Å². The molecule has 1 aliphatic heterocycles. The Kier molecular flexibility index (Phi) is 4.47. The molecule has 100 valence electrons. The van der Waals surface area contributed by atoms with Gasteiger partial charge in [0.1, 0.15) is 11.6 Å². The standard InChI is InChI=1S/C13H16F3NO/c14-12-7-11(18-13(15)16)4-3-10(12)6-9-2-1-5-17-8-9/h3-4,7,9,13,17H,1-2,5-6,8H2. The summed E-state index contributed by atoms with van der Waals surface area (Å²) in [6.45, 7) is -1.02. The normalized spacial score (nSPS) is 20.1. The van der Waals surface area contributed by atoms with Crippen LogP contribution in [0.1, 0.15) is 18.4 Å². The SMILES string of the molecule is Fc1cc(OC(F)F)ccc1CC1CCCNC1. The van der Waals surface area contributed by atoms with E-state index in [9.17, 15) is 13.2 Å². The zero-order chi connectivity index (χ0) is 13.0. The van der Waals surface area contributed by atoms with Gasteiger partial charge in [-0.25, -0.2) is 4.39 Å². The van der Waals surface area contributed by atoms with Crippen LogP contribution in [0.25, 0.3) is 0 Å². The minimum atomic E-state index is -2.92. The van der Waals surface area contributed by atoms with Gasteiger partial charge >= 0.3 is 6.61 Å². The van der Waals surface area contributed by atoms with Crippen molar-refractivity contribution < 1.29 is 17.9 Å². The maximum absolute atomic E-state index is 13.7. The lowest BCUT2D eigenvalue weighted by Crippen LogP contribution is -2.31. The molecule has 2 rings (SSSR count). The molecule has 1 aromatic carbocycles. The molecule has 2 nitrogen and oxygen atoms in total. The maximum Gasteiger partial charge on any atom is 0.387 e. The van der Waals surface area contributed by atoms with Crippen molar-refractivity contribution in [2.24, 2.45) is 5.92 Å². The second-order valence-electron chi connectivity index (χ2n) is 4.55. The predicted molar refractivity (Wildman–Crippen MR) is 62.3 cm³/mol. The van der Waals surface area contributed by atoms with Crippen LogP contribution in [0.15, 0.2) is 18.2 Å². The quantitative estimate of drug-likeness (QED) is 0.897. The minimum Gasteiger partial charge on any atom is -0.435 e. The van der Waals surface area contributed by atoms with E-state index >= 15 is 0 Å². The van der Waals surface area contributed by atoms with E-state index in [1.54, 1.807) is 0 Å². The van der Waals surface area contributed by atoms with Crippen molar-refractivity contribution in [3.63, 3.8) is 0 Å². The average Bonchev–Trinajstić information content (AvgIpc) is 2.33. The molecule has 1 fully saturated rings. The van der Waals surface area contributed by atoms with E-state index in [1.165, 1.54) is 12.1 Å². The number of halogens is 3. The molecule has 0 saturated carbocycles. The Morgan fingerprint density at radius 2 is 2.22 bits per heavy atom. The fourth-order valence-corrected chi connectivity index (χ4v) is 2.28. The molecule has 1 unspecified atom stereocenters. The third-order valence-electron chi connectivity index (χ3n) is 3.16. The fraction of sp³-hybridized carbons (Fsp3) is 0.538. The van der Waals surface area contributed by atoms with Crippen molar-refractivity contribution in [3.8, 4) is 5.75 Å². The summed E-state index contributed by atoms with van der Waals surface area (Å²) in [6, 6.07) is 3.94.